The molecule has 2 atom stereocenters. The number of aliphatic hydroxyl groups excluding tert-OH is 1. The molecule has 0 bridgehead atoms. The van der Waals surface area contributed by atoms with Crippen LogP contribution in [0.4, 0.5) is 5.69 Å². The number of nitrogens with two attached hydrogens (primary N) is 1. The summed E-state index contributed by atoms with van der Waals surface area (Å²) >= 11 is 0. The molecule has 0 aliphatic rings. The lowest BCUT2D eigenvalue weighted by Gasteiger charge is -2.15. The second-order valence-corrected chi connectivity index (χ2v) is 3.10. The number of nitro benzene ring substituents is 1. The van der Waals surface area contributed by atoms with Crippen LogP contribution in [0.15, 0.2) is 36.9 Å². The number of rotatable bonds is 4. The Bertz CT molecular complexity index is 361. The molecule has 15 heavy (non-hydrogen) atoms. The molecule has 1 aromatic rings. The normalized spacial score (nSPS) is 14.3. The van der Waals surface area contributed by atoms with E-state index in [1.54, 1.807) is 0 Å². The minimum Gasteiger partial charge on any atom is -0.387 e. The highest BCUT2D eigenvalue weighted by atomic mass is 16.6. The van der Waals surface area contributed by atoms with Gasteiger partial charge in [-0.15, -0.1) is 6.58 Å². The molecule has 5 heteroatoms. The number of aliphatic hydroxyl groups is 1. The molecule has 1 rings (SSSR count). The zero-order chi connectivity index (χ0) is 11.4. The van der Waals surface area contributed by atoms with E-state index >= 15 is 0 Å². The van der Waals surface area contributed by atoms with E-state index in [1.807, 2.05) is 0 Å². The van der Waals surface area contributed by atoms with Crippen molar-refractivity contribution in [1.82, 2.24) is 0 Å². The maximum absolute atomic E-state index is 10.4. The zero-order valence-electron chi connectivity index (χ0n) is 8.04. The molecule has 0 radical (unpaired) electrons. The first-order valence-corrected chi connectivity index (χ1v) is 4.37. The summed E-state index contributed by atoms with van der Waals surface area (Å²) in [6.07, 6.45) is 0.470. The average Bonchev–Trinajstić information content (AvgIpc) is 2.27. The molecule has 80 valence electrons. The van der Waals surface area contributed by atoms with Crippen LogP contribution in [0.5, 0.6) is 0 Å². The quantitative estimate of drug-likeness (QED) is 0.441. The second kappa shape index (κ2) is 4.68. The van der Waals surface area contributed by atoms with Crippen molar-refractivity contribution < 1.29 is 10.0 Å². The van der Waals surface area contributed by atoms with Crippen molar-refractivity contribution >= 4 is 5.69 Å². The number of nitrogens with zero attached hydrogens (tertiary/aromatic N) is 1. The largest absolute Gasteiger partial charge is 0.387 e. The topological polar surface area (TPSA) is 89.4 Å². The minimum absolute atomic E-state index is 0.000886. The van der Waals surface area contributed by atoms with E-state index in [-0.39, 0.29) is 5.69 Å². The Kier molecular flexibility index (Phi) is 3.54. The summed E-state index contributed by atoms with van der Waals surface area (Å²) in [7, 11) is 0. The van der Waals surface area contributed by atoms with Gasteiger partial charge in [-0.05, 0) is 5.56 Å². The van der Waals surface area contributed by atoms with Crippen LogP contribution < -0.4 is 5.73 Å². The monoisotopic (exact) mass is 208 g/mol. The van der Waals surface area contributed by atoms with Crippen LogP contribution in [0.1, 0.15) is 11.6 Å². The third-order valence-electron chi connectivity index (χ3n) is 2.10. The predicted octanol–water partition coefficient (Wildman–Crippen LogP) is 1.14. The number of hydrogen-bond donors (Lipinski definition) is 2. The van der Waals surface area contributed by atoms with Crippen LogP contribution in [0.3, 0.4) is 0 Å². The van der Waals surface area contributed by atoms with Gasteiger partial charge in [-0.2, -0.15) is 0 Å². The molecule has 0 heterocycles. The molecule has 0 amide bonds. The lowest BCUT2D eigenvalue weighted by atomic mass is 10.0. The molecule has 0 unspecified atom stereocenters. The molecule has 0 saturated carbocycles. The summed E-state index contributed by atoms with van der Waals surface area (Å²) in [4.78, 5) is 9.89. The third kappa shape index (κ3) is 2.61. The van der Waals surface area contributed by atoms with Crippen LogP contribution in [-0.2, 0) is 0 Å². The molecular weight excluding hydrogens is 196 g/mol. The van der Waals surface area contributed by atoms with E-state index in [1.165, 1.54) is 30.3 Å². The summed E-state index contributed by atoms with van der Waals surface area (Å²) < 4.78 is 0. The van der Waals surface area contributed by atoms with Crippen molar-refractivity contribution in [2.45, 2.75) is 12.1 Å². The van der Waals surface area contributed by atoms with E-state index < -0.39 is 17.1 Å². The van der Waals surface area contributed by atoms with Gasteiger partial charge in [-0.3, -0.25) is 10.1 Å². The predicted molar refractivity (Wildman–Crippen MR) is 56.2 cm³/mol. The highest BCUT2D eigenvalue weighted by Crippen LogP contribution is 2.18. The Morgan fingerprint density at radius 3 is 2.40 bits per heavy atom. The van der Waals surface area contributed by atoms with Gasteiger partial charge in [-0.25, -0.2) is 0 Å². The molecule has 0 saturated heterocycles. The fourth-order valence-electron chi connectivity index (χ4n) is 1.16. The Labute approximate surface area is 87.0 Å². The molecular formula is C10H12N2O3. The summed E-state index contributed by atoms with van der Waals surface area (Å²) in [6.45, 7) is 3.41. The first-order valence-electron chi connectivity index (χ1n) is 4.37. The zero-order valence-corrected chi connectivity index (χ0v) is 8.04. The van der Waals surface area contributed by atoms with Gasteiger partial charge < -0.3 is 10.8 Å². The van der Waals surface area contributed by atoms with Crippen molar-refractivity contribution in [2.75, 3.05) is 0 Å². The molecule has 3 N–H and O–H groups in total. The summed E-state index contributed by atoms with van der Waals surface area (Å²) in [5.74, 6) is 0. The standard InChI is InChI=1S/C10H12N2O3/c1-2-9(13)10(11)7-3-5-8(6-4-7)12(14)15/h2-6,9-10,13H,1,11H2/t9-,10+/m1/s1. The van der Waals surface area contributed by atoms with E-state index in [4.69, 9.17) is 5.73 Å². The highest BCUT2D eigenvalue weighted by Gasteiger charge is 2.14. The molecule has 1 aromatic carbocycles. The Balaban J connectivity index is 2.88. The molecule has 0 fully saturated rings. The number of hydrogen-bond acceptors (Lipinski definition) is 4. The minimum atomic E-state index is -0.855. The van der Waals surface area contributed by atoms with Crippen LogP contribution in [0, 0.1) is 10.1 Å². The SMILES string of the molecule is C=C[C@@H](O)[C@@H](N)c1ccc([N+](=O)[O-])cc1. The maximum Gasteiger partial charge on any atom is 0.269 e. The lowest BCUT2D eigenvalue weighted by molar-refractivity contribution is -0.384. The van der Waals surface area contributed by atoms with Gasteiger partial charge in [0, 0.05) is 12.1 Å². The molecule has 0 aromatic heterocycles. The fourth-order valence-corrected chi connectivity index (χ4v) is 1.16. The van der Waals surface area contributed by atoms with Gasteiger partial charge in [-0.1, -0.05) is 18.2 Å². The molecule has 0 aliphatic carbocycles. The first-order chi connectivity index (χ1) is 7.06. The van der Waals surface area contributed by atoms with Crippen molar-refractivity contribution in [1.29, 1.82) is 0 Å². The van der Waals surface area contributed by atoms with E-state index in [0.717, 1.165) is 0 Å². The first kappa shape index (κ1) is 11.4. The van der Waals surface area contributed by atoms with Crippen LogP contribution in [0.25, 0.3) is 0 Å². The third-order valence-corrected chi connectivity index (χ3v) is 2.10. The second-order valence-electron chi connectivity index (χ2n) is 3.10. The maximum atomic E-state index is 10.4. The van der Waals surface area contributed by atoms with Gasteiger partial charge in [0.25, 0.3) is 5.69 Å². The molecule has 5 nitrogen and oxygen atoms in total. The summed E-state index contributed by atoms with van der Waals surface area (Å²) in [5.41, 5.74) is 6.32. The Hall–Kier alpha value is -1.72. The van der Waals surface area contributed by atoms with E-state index in [0.29, 0.717) is 5.56 Å². The number of nitro groups is 1. The van der Waals surface area contributed by atoms with Gasteiger partial charge in [0.1, 0.15) is 0 Å². The molecule has 0 aliphatic heterocycles. The van der Waals surface area contributed by atoms with Gasteiger partial charge >= 0.3 is 0 Å². The smallest absolute Gasteiger partial charge is 0.269 e. The average molecular weight is 208 g/mol. The van der Waals surface area contributed by atoms with Gasteiger partial charge in [0.15, 0.2) is 0 Å². The van der Waals surface area contributed by atoms with Crippen LogP contribution in [-0.4, -0.2) is 16.1 Å². The van der Waals surface area contributed by atoms with Crippen molar-refractivity contribution in [3.8, 4) is 0 Å². The van der Waals surface area contributed by atoms with Crippen molar-refractivity contribution in [2.24, 2.45) is 5.73 Å². The molecule has 0 spiro atoms. The number of benzene rings is 1. The van der Waals surface area contributed by atoms with Crippen molar-refractivity contribution in [3.63, 3.8) is 0 Å². The van der Waals surface area contributed by atoms with Crippen LogP contribution in [0.2, 0.25) is 0 Å². The highest BCUT2D eigenvalue weighted by molar-refractivity contribution is 5.34. The summed E-state index contributed by atoms with van der Waals surface area (Å²) in [5, 5.41) is 19.8. The lowest BCUT2D eigenvalue weighted by Crippen LogP contribution is -2.23. The van der Waals surface area contributed by atoms with Crippen molar-refractivity contribution in [3.05, 3.63) is 52.6 Å². The van der Waals surface area contributed by atoms with E-state index in [9.17, 15) is 15.2 Å². The fraction of sp³-hybridized carbons (Fsp3) is 0.200. The van der Waals surface area contributed by atoms with Crippen LogP contribution >= 0.6 is 0 Å². The Morgan fingerprint density at radius 1 is 1.47 bits per heavy atom. The summed E-state index contributed by atoms with van der Waals surface area (Å²) in [6, 6.07) is 5.14. The van der Waals surface area contributed by atoms with Gasteiger partial charge in [0.05, 0.1) is 17.1 Å². The van der Waals surface area contributed by atoms with Gasteiger partial charge in [0.2, 0.25) is 0 Å². The Morgan fingerprint density at radius 2 is 2.00 bits per heavy atom. The van der Waals surface area contributed by atoms with E-state index in [2.05, 4.69) is 6.58 Å². The number of non-ortho nitro benzene ring substituents is 1.